The highest BCUT2D eigenvalue weighted by molar-refractivity contribution is 5.74. The van der Waals surface area contributed by atoms with Crippen LogP contribution in [0.4, 0.5) is 13.2 Å². The molecule has 0 aromatic carbocycles. The minimum atomic E-state index is -4.95. The Kier molecular flexibility index (Phi) is 5.77. The summed E-state index contributed by atoms with van der Waals surface area (Å²) in [7, 11) is 1.14. The molecule has 118 valence electrons. The van der Waals surface area contributed by atoms with Crippen LogP contribution in [0, 0.1) is 0 Å². The molecule has 1 heterocycles. The first-order valence-electron chi connectivity index (χ1n) is 5.98. The lowest BCUT2D eigenvalue weighted by Gasteiger charge is -2.17. The van der Waals surface area contributed by atoms with Crippen LogP contribution in [0.5, 0.6) is 11.6 Å². The van der Waals surface area contributed by atoms with Gasteiger partial charge in [0.05, 0.1) is 20.1 Å². The van der Waals surface area contributed by atoms with Crippen molar-refractivity contribution in [3.63, 3.8) is 0 Å². The van der Waals surface area contributed by atoms with Crippen LogP contribution in [0.2, 0.25) is 0 Å². The Labute approximate surface area is 119 Å². The lowest BCUT2D eigenvalue weighted by atomic mass is 10.1. The summed E-state index contributed by atoms with van der Waals surface area (Å²) in [5, 5.41) is 0. The molecule has 1 aromatic rings. The van der Waals surface area contributed by atoms with E-state index in [9.17, 15) is 18.0 Å². The van der Waals surface area contributed by atoms with Gasteiger partial charge < -0.3 is 19.9 Å². The standard InChI is InChI=1S/C12H15F3N2O4/c1-3-20-9(18)4-8-7(5-16)6-17-11(19-2)10(8)21-12(13,14)15/h6H,3-5,16H2,1-2H3. The summed E-state index contributed by atoms with van der Waals surface area (Å²) in [5.74, 6) is -1.77. The van der Waals surface area contributed by atoms with Crippen molar-refractivity contribution in [2.75, 3.05) is 13.7 Å². The molecule has 1 rings (SSSR count). The number of methoxy groups -OCH3 is 1. The van der Waals surface area contributed by atoms with Crippen LogP contribution in [-0.4, -0.2) is 31.0 Å². The highest BCUT2D eigenvalue weighted by atomic mass is 19.4. The van der Waals surface area contributed by atoms with Gasteiger partial charge in [-0.3, -0.25) is 4.79 Å². The zero-order valence-electron chi connectivity index (χ0n) is 11.5. The molecule has 0 atom stereocenters. The van der Waals surface area contributed by atoms with Gasteiger partial charge in [0.1, 0.15) is 0 Å². The Balaban J connectivity index is 3.29. The maximum absolute atomic E-state index is 12.5. The normalized spacial score (nSPS) is 11.1. The second-order valence-electron chi connectivity index (χ2n) is 3.83. The van der Waals surface area contributed by atoms with Gasteiger partial charge in [-0.15, -0.1) is 13.2 Å². The number of alkyl halides is 3. The van der Waals surface area contributed by atoms with Crippen molar-refractivity contribution >= 4 is 5.97 Å². The highest BCUT2D eigenvalue weighted by Gasteiger charge is 2.35. The van der Waals surface area contributed by atoms with Crippen molar-refractivity contribution in [1.82, 2.24) is 4.98 Å². The van der Waals surface area contributed by atoms with Crippen LogP contribution in [0.3, 0.4) is 0 Å². The minimum absolute atomic E-state index is 0.0554. The number of nitrogens with zero attached hydrogens (tertiary/aromatic N) is 1. The Morgan fingerprint density at radius 1 is 1.43 bits per heavy atom. The van der Waals surface area contributed by atoms with Gasteiger partial charge in [-0.1, -0.05) is 0 Å². The molecule has 0 saturated heterocycles. The van der Waals surface area contributed by atoms with Crippen LogP contribution in [0.15, 0.2) is 6.20 Å². The number of aromatic nitrogens is 1. The average Bonchev–Trinajstić information content (AvgIpc) is 2.39. The first kappa shape index (κ1) is 17.0. The fraction of sp³-hybridized carbons (Fsp3) is 0.500. The molecular formula is C12H15F3N2O4. The average molecular weight is 308 g/mol. The van der Waals surface area contributed by atoms with Gasteiger partial charge >= 0.3 is 12.3 Å². The first-order valence-corrected chi connectivity index (χ1v) is 5.98. The number of esters is 1. The zero-order chi connectivity index (χ0) is 16.0. The molecule has 0 unspecified atom stereocenters. The second-order valence-corrected chi connectivity index (χ2v) is 3.83. The molecule has 2 N–H and O–H groups in total. The Morgan fingerprint density at radius 2 is 2.10 bits per heavy atom. The largest absolute Gasteiger partial charge is 0.573 e. The van der Waals surface area contributed by atoms with E-state index in [1.165, 1.54) is 6.20 Å². The summed E-state index contributed by atoms with van der Waals surface area (Å²) in [6, 6.07) is 0. The number of hydrogen-bond donors (Lipinski definition) is 1. The van der Waals surface area contributed by atoms with Crippen LogP contribution in [0.25, 0.3) is 0 Å². The van der Waals surface area contributed by atoms with Crippen molar-refractivity contribution in [3.05, 3.63) is 17.3 Å². The van der Waals surface area contributed by atoms with E-state index in [-0.39, 0.29) is 30.2 Å². The van der Waals surface area contributed by atoms with E-state index in [1.807, 2.05) is 0 Å². The summed E-state index contributed by atoms with van der Waals surface area (Å²) < 4.78 is 50.9. The van der Waals surface area contributed by atoms with Crippen LogP contribution in [-0.2, 0) is 22.5 Å². The molecule has 1 aromatic heterocycles. The molecule has 0 radical (unpaired) electrons. The maximum Gasteiger partial charge on any atom is 0.573 e. The molecule has 0 aliphatic heterocycles. The molecule has 0 bridgehead atoms. The molecule has 6 nitrogen and oxygen atoms in total. The smallest absolute Gasteiger partial charge is 0.478 e. The predicted octanol–water partition coefficient (Wildman–Crippen LogP) is 1.55. The molecule has 0 amide bonds. The number of hydrogen-bond acceptors (Lipinski definition) is 6. The van der Waals surface area contributed by atoms with E-state index in [1.54, 1.807) is 6.92 Å². The number of carbonyl (C=O) groups excluding carboxylic acids is 1. The molecule has 9 heteroatoms. The summed E-state index contributed by atoms with van der Waals surface area (Å²) >= 11 is 0. The summed E-state index contributed by atoms with van der Waals surface area (Å²) in [5.41, 5.74) is 5.64. The van der Waals surface area contributed by atoms with Crippen molar-refractivity contribution in [1.29, 1.82) is 0 Å². The number of ether oxygens (including phenoxy) is 3. The van der Waals surface area contributed by atoms with Crippen LogP contribution in [0.1, 0.15) is 18.1 Å². The quantitative estimate of drug-likeness (QED) is 0.803. The van der Waals surface area contributed by atoms with Gasteiger partial charge in [-0.05, 0) is 12.5 Å². The van der Waals surface area contributed by atoms with Crippen molar-refractivity contribution < 1.29 is 32.2 Å². The van der Waals surface area contributed by atoms with Crippen LogP contribution < -0.4 is 15.2 Å². The molecule has 21 heavy (non-hydrogen) atoms. The van der Waals surface area contributed by atoms with Crippen molar-refractivity contribution in [3.8, 4) is 11.6 Å². The summed E-state index contributed by atoms with van der Waals surface area (Å²) in [6.45, 7) is 1.58. The first-order chi connectivity index (χ1) is 9.82. The summed E-state index contributed by atoms with van der Waals surface area (Å²) in [4.78, 5) is 15.2. The maximum atomic E-state index is 12.5. The van der Waals surface area contributed by atoms with E-state index in [0.29, 0.717) is 0 Å². The fourth-order valence-electron chi connectivity index (χ4n) is 1.64. The van der Waals surface area contributed by atoms with E-state index < -0.39 is 24.5 Å². The Bertz CT molecular complexity index is 506. The topological polar surface area (TPSA) is 83.7 Å². The zero-order valence-corrected chi connectivity index (χ0v) is 11.5. The minimum Gasteiger partial charge on any atom is -0.478 e. The van der Waals surface area contributed by atoms with E-state index in [4.69, 9.17) is 15.2 Å². The van der Waals surface area contributed by atoms with E-state index in [2.05, 4.69) is 9.72 Å². The van der Waals surface area contributed by atoms with E-state index >= 15 is 0 Å². The summed E-state index contributed by atoms with van der Waals surface area (Å²) in [6.07, 6.45) is -4.15. The molecule has 0 aliphatic carbocycles. The molecular weight excluding hydrogens is 293 g/mol. The van der Waals surface area contributed by atoms with Gasteiger partial charge in [0, 0.05) is 18.3 Å². The van der Waals surface area contributed by atoms with Gasteiger partial charge in [0.25, 0.3) is 5.88 Å². The number of halogens is 3. The predicted molar refractivity (Wildman–Crippen MR) is 65.7 cm³/mol. The molecule has 0 spiro atoms. The highest BCUT2D eigenvalue weighted by Crippen LogP contribution is 2.36. The fourth-order valence-corrected chi connectivity index (χ4v) is 1.64. The third kappa shape index (κ3) is 4.78. The number of rotatable bonds is 6. The SMILES string of the molecule is CCOC(=O)Cc1c(CN)cnc(OC)c1OC(F)(F)F. The number of carbonyl (C=O) groups is 1. The molecule has 0 aliphatic rings. The molecule has 0 fully saturated rings. The number of pyridine rings is 1. The molecule has 0 saturated carbocycles. The number of nitrogens with two attached hydrogens (primary N) is 1. The van der Waals surface area contributed by atoms with Gasteiger partial charge in [-0.2, -0.15) is 0 Å². The van der Waals surface area contributed by atoms with Gasteiger partial charge in [0.15, 0.2) is 5.75 Å². The van der Waals surface area contributed by atoms with Gasteiger partial charge in [-0.25, -0.2) is 4.98 Å². The van der Waals surface area contributed by atoms with Gasteiger partial charge in [0.2, 0.25) is 0 Å². The lowest BCUT2D eigenvalue weighted by molar-refractivity contribution is -0.275. The lowest BCUT2D eigenvalue weighted by Crippen LogP contribution is -2.21. The van der Waals surface area contributed by atoms with E-state index in [0.717, 1.165) is 7.11 Å². The Hall–Kier alpha value is -2.03. The van der Waals surface area contributed by atoms with Crippen molar-refractivity contribution in [2.24, 2.45) is 5.73 Å². The monoisotopic (exact) mass is 308 g/mol. The Morgan fingerprint density at radius 3 is 2.57 bits per heavy atom. The van der Waals surface area contributed by atoms with Crippen LogP contribution >= 0.6 is 0 Å². The third-order valence-corrected chi connectivity index (χ3v) is 2.45. The van der Waals surface area contributed by atoms with Crippen molar-refractivity contribution in [2.45, 2.75) is 26.3 Å². The second kappa shape index (κ2) is 7.11. The third-order valence-electron chi connectivity index (χ3n) is 2.45.